The average molecular weight is 392 g/mol. The maximum Gasteiger partial charge on any atom is 0.265 e. The van der Waals surface area contributed by atoms with Crippen molar-refractivity contribution in [3.05, 3.63) is 62.2 Å². The minimum atomic E-state index is -0.0655. The molecular weight excluding hydrogens is 379 g/mol. The number of aryl methyl sites for hydroxylation is 1. The van der Waals surface area contributed by atoms with Crippen molar-refractivity contribution in [1.29, 1.82) is 0 Å². The summed E-state index contributed by atoms with van der Waals surface area (Å²) in [5, 5.41) is 0.621. The zero-order chi connectivity index (χ0) is 15.0. The molecule has 0 atom stereocenters. The van der Waals surface area contributed by atoms with Gasteiger partial charge >= 0.3 is 0 Å². The standard InChI is InChI=1S/C16H13IN2O2/c1-10-18-15-7-6-11(17)8-14(15)16(20)19(10)12-4-3-5-13(9-12)21-2/h3-9H,1-2H3. The van der Waals surface area contributed by atoms with Crippen LogP contribution in [0.25, 0.3) is 16.6 Å². The van der Waals surface area contributed by atoms with Gasteiger partial charge in [0.15, 0.2) is 0 Å². The second-order valence-corrected chi connectivity index (χ2v) is 5.91. The van der Waals surface area contributed by atoms with E-state index >= 15 is 0 Å². The van der Waals surface area contributed by atoms with Crippen LogP contribution >= 0.6 is 22.6 Å². The fraction of sp³-hybridized carbons (Fsp3) is 0.125. The second kappa shape index (κ2) is 5.48. The number of methoxy groups -OCH3 is 1. The summed E-state index contributed by atoms with van der Waals surface area (Å²) in [6.07, 6.45) is 0. The predicted octanol–water partition coefficient (Wildman–Crippen LogP) is 3.31. The fourth-order valence-electron chi connectivity index (χ4n) is 2.32. The lowest BCUT2D eigenvalue weighted by Crippen LogP contribution is -2.22. The van der Waals surface area contributed by atoms with E-state index in [2.05, 4.69) is 27.6 Å². The number of ether oxygens (including phenoxy) is 1. The van der Waals surface area contributed by atoms with Crippen molar-refractivity contribution in [3.63, 3.8) is 0 Å². The van der Waals surface area contributed by atoms with E-state index in [4.69, 9.17) is 4.74 Å². The largest absolute Gasteiger partial charge is 0.497 e. The quantitative estimate of drug-likeness (QED) is 0.629. The van der Waals surface area contributed by atoms with Crippen LogP contribution in [0.5, 0.6) is 5.75 Å². The first-order chi connectivity index (χ1) is 10.1. The van der Waals surface area contributed by atoms with Crippen LogP contribution < -0.4 is 10.3 Å². The molecule has 4 nitrogen and oxygen atoms in total. The number of hydrogen-bond donors (Lipinski definition) is 0. The van der Waals surface area contributed by atoms with Crippen molar-refractivity contribution >= 4 is 33.5 Å². The number of nitrogens with zero attached hydrogens (tertiary/aromatic N) is 2. The van der Waals surface area contributed by atoms with Gasteiger partial charge in [-0.05, 0) is 59.8 Å². The number of benzene rings is 2. The molecule has 0 saturated heterocycles. The number of aromatic nitrogens is 2. The van der Waals surface area contributed by atoms with Crippen LogP contribution in [0.2, 0.25) is 0 Å². The van der Waals surface area contributed by atoms with Crippen molar-refractivity contribution in [2.45, 2.75) is 6.92 Å². The Kier molecular flexibility index (Phi) is 3.67. The molecule has 0 N–H and O–H groups in total. The van der Waals surface area contributed by atoms with Gasteiger partial charge in [0, 0.05) is 9.64 Å². The highest BCUT2D eigenvalue weighted by molar-refractivity contribution is 14.1. The number of halogens is 1. The summed E-state index contributed by atoms with van der Waals surface area (Å²) < 4.78 is 7.85. The zero-order valence-corrected chi connectivity index (χ0v) is 13.8. The molecule has 0 spiro atoms. The summed E-state index contributed by atoms with van der Waals surface area (Å²) in [5.74, 6) is 1.36. The van der Waals surface area contributed by atoms with Gasteiger partial charge in [-0.25, -0.2) is 4.98 Å². The van der Waals surface area contributed by atoms with E-state index in [1.54, 1.807) is 11.7 Å². The SMILES string of the molecule is COc1cccc(-n2c(C)nc3ccc(I)cc3c2=O)c1. The smallest absolute Gasteiger partial charge is 0.265 e. The first-order valence-electron chi connectivity index (χ1n) is 6.43. The van der Waals surface area contributed by atoms with E-state index in [0.717, 1.165) is 14.8 Å². The topological polar surface area (TPSA) is 44.1 Å². The van der Waals surface area contributed by atoms with Crippen molar-refractivity contribution in [2.75, 3.05) is 7.11 Å². The molecule has 1 aromatic heterocycles. The number of fused-ring (bicyclic) bond motifs is 1. The molecule has 3 aromatic rings. The highest BCUT2D eigenvalue weighted by atomic mass is 127. The van der Waals surface area contributed by atoms with Crippen LogP contribution in [0.1, 0.15) is 5.82 Å². The lowest BCUT2D eigenvalue weighted by atomic mass is 10.2. The molecule has 0 saturated carbocycles. The van der Waals surface area contributed by atoms with Gasteiger partial charge in [-0.2, -0.15) is 0 Å². The van der Waals surface area contributed by atoms with Gasteiger partial charge < -0.3 is 4.74 Å². The normalized spacial score (nSPS) is 10.8. The maximum atomic E-state index is 12.8. The molecule has 106 valence electrons. The van der Waals surface area contributed by atoms with Gasteiger partial charge in [0.2, 0.25) is 0 Å². The lowest BCUT2D eigenvalue weighted by molar-refractivity contribution is 0.414. The van der Waals surface area contributed by atoms with Crippen molar-refractivity contribution < 1.29 is 4.74 Å². The van der Waals surface area contributed by atoms with Crippen LogP contribution in [-0.4, -0.2) is 16.7 Å². The van der Waals surface area contributed by atoms with Crippen LogP contribution in [0.4, 0.5) is 0 Å². The van der Waals surface area contributed by atoms with Crippen LogP contribution in [0, 0.1) is 10.5 Å². The predicted molar refractivity (Wildman–Crippen MR) is 91.3 cm³/mol. The van der Waals surface area contributed by atoms with E-state index in [0.29, 0.717) is 17.0 Å². The van der Waals surface area contributed by atoms with Gasteiger partial charge in [0.05, 0.1) is 23.7 Å². The number of hydrogen-bond acceptors (Lipinski definition) is 3. The van der Waals surface area contributed by atoms with E-state index in [9.17, 15) is 4.79 Å². The van der Waals surface area contributed by atoms with Crippen LogP contribution in [0.3, 0.4) is 0 Å². The monoisotopic (exact) mass is 392 g/mol. The molecule has 0 amide bonds. The minimum Gasteiger partial charge on any atom is -0.497 e. The van der Waals surface area contributed by atoms with E-state index in [-0.39, 0.29) is 5.56 Å². The molecule has 0 aliphatic rings. The van der Waals surface area contributed by atoms with Gasteiger partial charge in [-0.3, -0.25) is 9.36 Å². The Morgan fingerprint density at radius 2 is 2.00 bits per heavy atom. The summed E-state index contributed by atoms with van der Waals surface area (Å²) in [5.41, 5.74) is 1.41. The van der Waals surface area contributed by atoms with Gasteiger partial charge in [0.1, 0.15) is 11.6 Å². The first kappa shape index (κ1) is 14.1. The van der Waals surface area contributed by atoms with Crippen molar-refractivity contribution in [3.8, 4) is 11.4 Å². The van der Waals surface area contributed by atoms with Crippen LogP contribution in [0.15, 0.2) is 47.3 Å². The van der Waals surface area contributed by atoms with Gasteiger partial charge in [0.25, 0.3) is 5.56 Å². The zero-order valence-electron chi connectivity index (χ0n) is 11.6. The third-order valence-corrected chi connectivity index (χ3v) is 3.98. The Morgan fingerprint density at radius 1 is 1.19 bits per heavy atom. The third-order valence-electron chi connectivity index (χ3n) is 3.31. The van der Waals surface area contributed by atoms with Crippen LogP contribution in [-0.2, 0) is 0 Å². The molecule has 2 aromatic carbocycles. The van der Waals surface area contributed by atoms with Gasteiger partial charge in [-0.1, -0.05) is 6.07 Å². The Balaban J connectivity index is 2.34. The summed E-state index contributed by atoms with van der Waals surface area (Å²) >= 11 is 2.20. The minimum absolute atomic E-state index is 0.0655. The Morgan fingerprint density at radius 3 is 2.76 bits per heavy atom. The van der Waals surface area contributed by atoms with E-state index in [1.165, 1.54) is 0 Å². The molecule has 0 aliphatic carbocycles. The maximum absolute atomic E-state index is 12.8. The van der Waals surface area contributed by atoms with Gasteiger partial charge in [-0.15, -0.1) is 0 Å². The summed E-state index contributed by atoms with van der Waals surface area (Å²) in [6.45, 7) is 1.83. The molecule has 21 heavy (non-hydrogen) atoms. The van der Waals surface area contributed by atoms with E-state index < -0.39 is 0 Å². The summed E-state index contributed by atoms with van der Waals surface area (Å²) in [4.78, 5) is 17.3. The summed E-state index contributed by atoms with van der Waals surface area (Å²) in [7, 11) is 1.61. The highest BCUT2D eigenvalue weighted by Gasteiger charge is 2.10. The summed E-state index contributed by atoms with van der Waals surface area (Å²) in [6, 6.07) is 13.1. The molecular formula is C16H13IN2O2. The first-order valence-corrected chi connectivity index (χ1v) is 7.51. The third kappa shape index (κ3) is 2.53. The highest BCUT2D eigenvalue weighted by Crippen LogP contribution is 2.18. The Bertz CT molecular complexity index is 887. The molecule has 5 heteroatoms. The average Bonchev–Trinajstić information content (AvgIpc) is 2.48. The molecule has 0 radical (unpaired) electrons. The molecule has 3 rings (SSSR count). The van der Waals surface area contributed by atoms with Crippen molar-refractivity contribution in [1.82, 2.24) is 9.55 Å². The van der Waals surface area contributed by atoms with Crippen molar-refractivity contribution in [2.24, 2.45) is 0 Å². The molecule has 0 bridgehead atoms. The fourth-order valence-corrected chi connectivity index (χ4v) is 2.81. The molecule has 0 aliphatic heterocycles. The molecule has 1 heterocycles. The lowest BCUT2D eigenvalue weighted by Gasteiger charge is -2.12. The number of rotatable bonds is 2. The Hall–Kier alpha value is -1.89. The Labute approximate surface area is 135 Å². The second-order valence-electron chi connectivity index (χ2n) is 4.66. The van der Waals surface area contributed by atoms with E-state index in [1.807, 2.05) is 49.4 Å². The molecule has 0 unspecified atom stereocenters. The molecule has 0 fully saturated rings.